The van der Waals surface area contributed by atoms with Gasteiger partial charge in [0.2, 0.25) is 9.05 Å². The zero-order chi connectivity index (χ0) is 13.3. The number of aromatic hydroxyl groups is 1. The van der Waals surface area contributed by atoms with E-state index in [0.717, 1.165) is 43.2 Å². The second-order valence-electron chi connectivity index (χ2n) is 4.58. The van der Waals surface area contributed by atoms with Crippen LogP contribution in [0.3, 0.4) is 0 Å². The zero-order valence-electron chi connectivity index (χ0n) is 9.75. The minimum absolute atomic E-state index is 0.151. The zero-order valence-corrected chi connectivity index (χ0v) is 12.1. The van der Waals surface area contributed by atoms with Crippen molar-refractivity contribution in [2.75, 3.05) is 0 Å². The summed E-state index contributed by atoms with van der Waals surface area (Å²) in [5.74, 6) is -0.547. The first-order chi connectivity index (χ1) is 8.38. The summed E-state index contributed by atoms with van der Waals surface area (Å²) >= 11 is 6.13. The number of fused-ring (bicyclic) bond motifs is 1. The van der Waals surface area contributed by atoms with Crippen LogP contribution < -0.4 is 0 Å². The third-order valence-corrected chi connectivity index (χ3v) is 4.60. The largest absolute Gasteiger partial charge is 0.506 e. The van der Waals surface area contributed by atoms with Crippen molar-refractivity contribution in [3.63, 3.8) is 0 Å². The number of halogens is 2. The van der Waals surface area contributed by atoms with Gasteiger partial charge in [-0.3, -0.25) is 0 Å². The summed E-state index contributed by atoms with van der Waals surface area (Å²) in [7, 11) is 1.53. The first kappa shape index (κ1) is 14.0. The van der Waals surface area contributed by atoms with Crippen molar-refractivity contribution in [2.24, 2.45) is 0 Å². The van der Waals surface area contributed by atoms with E-state index in [1.165, 1.54) is 0 Å². The van der Waals surface area contributed by atoms with Gasteiger partial charge in [-0.15, -0.1) is 0 Å². The standard InChI is InChI=1S/C12H14Cl2O3S/c13-11-10-5-3-1-2-4-8(10)6-9(12(11)15)7-18(14,16)17/h6,15H,1-5,7H2. The fraction of sp³-hybridized carbons (Fsp3) is 0.500. The third-order valence-electron chi connectivity index (χ3n) is 3.21. The Hall–Kier alpha value is -0.450. The Morgan fingerprint density at radius 3 is 2.56 bits per heavy atom. The molecule has 0 saturated heterocycles. The van der Waals surface area contributed by atoms with Crippen LogP contribution in [-0.4, -0.2) is 13.5 Å². The van der Waals surface area contributed by atoms with E-state index >= 15 is 0 Å². The molecule has 0 unspecified atom stereocenters. The van der Waals surface area contributed by atoms with Crippen LogP contribution >= 0.6 is 22.3 Å². The van der Waals surface area contributed by atoms with Gasteiger partial charge in [0.25, 0.3) is 0 Å². The van der Waals surface area contributed by atoms with Crippen molar-refractivity contribution in [2.45, 2.75) is 37.9 Å². The van der Waals surface area contributed by atoms with Gasteiger partial charge in [-0.05, 0) is 36.8 Å². The topological polar surface area (TPSA) is 54.4 Å². The SMILES string of the molecule is O=S(=O)(Cl)Cc1cc2c(c(Cl)c1O)CCCCC2. The highest BCUT2D eigenvalue weighted by Gasteiger charge is 2.20. The van der Waals surface area contributed by atoms with Gasteiger partial charge in [-0.1, -0.05) is 24.1 Å². The summed E-state index contributed by atoms with van der Waals surface area (Å²) in [6.45, 7) is 0. The predicted molar refractivity (Wildman–Crippen MR) is 72.9 cm³/mol. The lowest BCUT2D eigenvalue weighted by molar-refractivity contribution is 0.469. The summed E-state index contributed by atoms with van der Waals surface area (Å²) in [5.41, 5.74) is 2.27. The summed E-state index contributed by atoms with van der Waals surface area (Å²) < 4.78 is 22.2. The lowest BCUT2D eigenvalue weighted by atomic mass is 9.99. The van der Waals surface area contributed by atoms with Crippen molar-refractivity contribution in [3.05, 3.63) is 27.8 Å². The maximum atomic E-state index is 11.1. The molecule has 0 amide bonds. The Bertz CT molecular complexity index is 567. The monoisotopic (exact) mass is 308 g/mol. The molecule has 6 heteroatoms. The Morgan fingerprint density at radius 1 is 1.22 bits per heavy atom. The molecular weight excluding hydrogens is 295 g/mol. The van der Waals surface area contributed by atoms with Crippen LogP contribution in [0.4, 0.5) is 0 Å². The molecule has 100 valence electrons. The van der Waals surface area contributed by atoms with Crippen LogP contribution in [0.5, 0.6) is 5.75 Å². The van der Waals surface area contributed by atoms with E-state index in [0.29, 0.717) is 0 Å². The Balaban J connectivity index is 2.50. The van der Waals surface area contributed by atoms with E-state index in [1.54, 1.807) is 6.07 Å². The first-order valence-electron chi connectivity index (χ1n) is 5.83. The van der Waals surface area contributed by atoms with Gasteiger partial charge in [0.05, 0.1) is 10.8 Å². The molecule has 0 saturated carbocycles. The Kier molecular flexibility index (Phi) is 4.09. The molecule has 1 N–H and O–H groups in total. The summed E-state index contributed by atoms with van der Waals surface area (Å²) in [6, 6.07) is 1.72. The van der Waals surface area contributed by atoms with Gasteiger partial charge < -0.3 is 5.11 Å². The van der Waals surface area contributed by atoms with Gasteiger partial charge >= 0.3 is 0 Å². The molecule has 0 bridgehead atoms. The molecule has 3 nitrogen and oxygen atoms in total. The van der Waals surface area contributed by atoms with Crippen LogP contribution in [0.15, 0.2) is 6.07 Å². The average Bonchev–Trinajstić information content (AvgIpc) is 2.49. The average molecular weight is 309 g/mol. The van der Waals surface area contributed by atoms with E-state index in [2.05, 4.69) is 0 Å². The quantitative estimate of drug-likeness (QED) is 0.673. The number of hydrogen-bond acceptors (Lipinski definition) is 3. The number of phenols is 1. The summed E-state index contributed by atoms with van der Waals surface area (Å²) in [6.07, 6.45) is 4.91. The maximum Gasteiger partial charge on any atom is 0.236 e. The lowest BCUT2D eigenvalue weighted by Gasteiger charge is -2.13. The van der Waals surface area contributed by atoms with Crippen molar-refractivity contribution in [1.29, 1.82) is 0 Å². The van der Waals surface area contributed by atoms with E-state index in [1.807, 2.05) is 0 Å². The molecule has 0 aliphatic heterocycles. The number of benzene rings is 1. The van der Waals surface area contributed by atoms with Crippen molar-refractivity contribution in [3.8, 4) is 5.75 Å². The number of aryl methyl sites for hydroxylation is 1. The maximum absolute atomic E-state index is 11.1. The van der Waals surface area contributed by atoms with E-state index in [-0.39, 0.29) is 16.3 Å². The number of phenolic OH excluding ortho intramolecular Hbond substituents is 1. The highest BCUT2D eigenvalue weighted by molar-refractivity contribution is 8.13. The molecule has 1 aromatic carbocycles. The molecular formula is C12H14Cl2O3S. The Morgan fingerprint density at radius 2 is 1.89 bits per heavy atom. The molecule has 0 atom stereocenters. The minimum atomic E-state index is -3.70. The molecule has 1 aromatic rings. The fourth-order valence-electron chi connectivity index (χ4n) is 2.37. The fourth-order valence-corrected chi connectivity index (χ4v) is 3.66. The van der Waals surface area contributed by atoms with Crippen LogP contribution in [0.1, 0.15) is 36.0 Å². The van der Waals surface area contributed by atoms with Crippen LogP contribution in [0.25, 0.3) is 0 Å². The Labute approximate surface area is 116 Å². The third kappa shape index (κ3) is 3.11. The van der Waals surface area contributed by atoms with Crippen molar-refractivity contribution in [1.82, 2.24) is 0 Å². The van der Waals surface area contributed by atoms with Gasteiger partial charge in [-0.2, -0.15) is 0 Å². The van der Waals surface area contributed by atoms with Gasteiger partial charge in [-0.25, -0.2) is 8.42 Å². The smallest absolute Gasteiger partial charge is 0.236 e. The van der Waals surface area contributed by atoms with Crippen molar-refractivity contribution < 1.29 is 13.5 Å². The molecule has 2 rings (SSSR count). The molecule has 0 fully saturated rings. The van der Waals surface area contributed by atoms with Crippen LogP contribution in [0, 0.1) is 0 Å². The highest BCUT2D eigenvalue weighted by Crippen LogP contribution is 2.37. The number of hydrogen-bond donors (Lipinski definition) is 1. The second kappa shape index (κ2) is 5.27. The van der Waals surface area contributed by atoms with Gasteiger partial charge in [0, 0.05) is 16.2 Å². The van der Waals surface area contributed by atoms with Crippen LogP contribution in [-0.2, 0) is 27.6 Å². The number of rotatable bonds is 2. The molecule has 0 aromatic heterocycles. The van der Waals surface area contributed by atoms with Crippen LogP contribution in [0.2, 0.25) is 5.02 Å². The second-order valence-corrected chi connectivity index (χ2v) is 7.73. The van der Waals surface area contributed by atoms with Gasteiger partial charge in [0.1, 0.15) is 5.75 Å². The van der Waals surface area contributed by atoms with Crippen molar-refractivity contribution >= 4 is 31.3 Å². The molecule has 0 spiro atoms. The first-order valence-corrected chi connectivity index (χ1v) is 8.68. The molecule has 0 heterocycles. The molecule has 1 aliphatic rings. The van der Waals surface area contributed by atoms with Gasteiger partial charge in [0.15, 0.2) is 0 Å². The lowest BCUT2D eigenvalue weighted by Crippen LogP contribution is -2.01. The van der Waals surface area contributed by atoms with E-state index < -0.39 is 14.8 Å². The molecule has 18 heavy (non-hydrogen) atoms. The predicted octanol–water partition coefficient (Wildman–Crippen LogP) is 3.38. The van der Waals surface area contributed by atoms with E-state index in [9.17, 15) is 13.5 Å². The summed E-state index contributed by atoms with van der Waals surface area (Å²) in [5, 5.41) is 10.2. The summed E-state index contributed by atoms with van der Waals surface area (Å²) in [4.78, 5) is 0. The van der Waals surface area contributed by atoms with E-state index in [4.69, 9.17) is 22.3 Å². The molecule has 0 radical (unpaired) electrons. The highest BCUT2D eigenvalue weighted by atomic mass is 35.7. The molecule has 1 aliphatic carbocycles. The normalized spacial score (nSPS) is 16.1. The minimum Gasteiger partial charge on any atom is -0.506 e.